The molecular formula is C16H19N5O3. The SMILES string of the molecule is CN(Cc1ccccc1)C(=O)N1CC(Cn2cc(C(=O)O)nn2)C1. The van der Waals surface area contributed by atoms with Crippen molar-refractivity contribution in [2.24, 2.45) is 5.92 Å². The molecule has 8 nitrogen and oxygen atoms in total. The van der Waals surface area contributed by atoms with Crippen molar-refractivity contribution in [3.63, 3.8) is 0 Å². The zero-order valence-electron chi connectivity index (χ0n) is 13.4. The predicted molar refractivity (Wildman–Crippen MR) is 85.3 cm³/mol. The summed E-state index contributed by atoms with van der Waals surface area (Å²) in [5, 5.41) is 16.2. The maximum atomic E-state index is 12.4. The highest BCUT2D eigenvalue weighted by Crippen LogP contribution is 2.19. The van der Waals surface area contributed by atoms with Gasteiger partial charge in [0.15, 0.2) is 5.69 Å². The summed E-state index contributed by atoms with van der Waals surface area (Å²) in [6.07, 6.45) is 1.41. The smallest absolute Gasteiger partial charge is 0.358 e. The van der Waals surface area contributed by atoms with Crippen molar-refractivity contribution in [3.8, 4) is 0 Å². The molecule has 1 fully saturated rings. The minimum absolute atomic E-state index is 0.0000756. The standard InChI is InChI=1S/C16H19N5O3/c1-19(7-12-5-3-2-4-6-12)16(24)20-8-13(9-20)10-21-11-14(15(22)23)17-18-21/h2-6,11,13H,7-10H2,1H3,(H,22,23). The molecule has 0 saturated carbocycles. The van der Waals surface area contributed by atoms with Crippen LogP contribution in [0.5, 0.6) is 0 Å². The van der Waals surface area contributed by atoms with Gasteiger partial charge in [0, 0.05) is 39.1 Å². The van der Waals surface area contributed by atoms with Crippen LogP contribution in [0.4, 0.5) is 4.79 Å². The van der Waals surface area contributed by atoms with E-state index < -0.39 is 5.97 Å². The van der Waals surface area contributed by atoms with Gasteiger partial charge in [0.1, 0.15) is 0 Å². The van der Waals surface area contributed by atoms with Crippen molar-refractivity contribution in [2.75, 3.05) is 20.1 Å². The molecule has 0 atom stereocenters. The van der Waals surface area contributed by atoms with Crippen LogP contribution in [0.3, 0.4) is 0 Å². The maximum absolute atomic E-state index is 12.4. The van der Waals surface area contributed by atoms with Gasteiger partial charge in [-0.3, -0.25) is 4.68 Å². The number of hydrogen-bond acceptors (Lipinski definition) is 4. The fraction of sp³-hybridized carbons (Fsp3) is 0.375. The summed E-state index contributed by atoms with van der Waals surface area (Å²) < 4.78 is 1.52. The van der Waals surface area contributed by atoms with Gasteiger partial charge in [0.2, 0.25) is 0 Å². The third-order valence-electron chi connectivity index (χ3n) is 4.02. The van der Waals surface area contributed by atoms with E-state index >= 15 is 0 Å². The largest absolute Gasteiger partial charge is 0.476 e. The second-order valence-electron chi connectivity index (χ2n) is 6.03. The number of nitrogens with zero attached hydrogens (tertiary/aromatic N) is 5. The van der Waals surface area contributed by atoms with Crippen LogP contribution in [0.25, 0.3) is 0 Å². The van der Waals surface area contributed by atoms with Crippen molar-refractivity contribution in [2.45, 2.75) is 13.1 Å². The average Bonchev–Trinajstić information content (AvgIpc) is 3.00. The Hall–Kier alpha value is -2.90. The topological polar surface area (TPSA) is 91.6 Å². The summed E-state index contributed by atoms with van der Waals surface area (Å²) in [5.74, 6) is -0.823. The first-order valence-electron chi connectivity index (χ1n) is 7.70. The molecule has 1 aromatic carbocycles. The van der Waals surface area contributed by atoms with Gasteiger partial charge in [-0.25, -0.2) is 9.59 Å². The lowest BCUT2D eigenvalue weighted by Gasteiger charge is -2.41. The normalized spacial score (nSPS) is 14.3. The molecule has 1 N–H and O–H groups in total. The highest BCUT2D eigenvalue weighted by molar-refractivity contribution is 5.84. The van der Waals surface area contributed by atoms with Crippen molar-refractivity contribution in [1.29, 1.82) is 0 Å². The summed E-state index contributed by atoms with van der Waals surface area (Å²) >= 11 is 0. The molecule has 2 heterocycles. The number of carbonyl (C=O) groups excluding carboxylic acids is 1. The Bertz CT molecular complexity index is 724. The number of likely N-dealkylation sites (tertiary alicyclic amines) is 1. The number of urea groups is 1. The molecule has 24 heavy (non-hydrogen) atoms. The van der Waals surface area contributed by atoms with Crippen LogP contribution < -0.4 is 0 Å². The first-order valence-corrected chi connectivity index (χ1v) is 7.70. The molecule has 8 heteroatoms. The quantitative estimate of drug-likeness (QED) is 0.889. The van der Waals surface area contributed by atoms with E-state index in [0.717, 1.165) is 5.56 Å². The second kappa shape index (κ2) is 6.69. The van der Waals surface area contributed by atoms with E-state index in [0.29, 0.717) is 26.2 Å². The van der Waals surface area contributed by atoms with Crippen LogP contribution in [0, 0.1) is 5.92 Å². The monoisotopic (exact) mass is 329 g/mol. The lowest BCUT2D eigenvalue weighted by molar-refractivity contribution is 0.0690. The summed E-state index contributed by atoms with van der Waals surface area (Å²) in [7, 11) is 1.79. The zero-order valence-corrected chi connectivity index (χ0v) is 13.4. The fourth-order valence-corrected chi connectivity index (χ4v) is 2.76. The van der Waals surface area contributed by atoms with Gasteiger partial charge in [-0.2, -0.15) is 0 Å². The van der Waals surface area contributed by atoms with Crippen molar-refractivity contribution >= 4 is 12.0 Å². The molecule has 0 aliphatic carbocycles. The van der Waals surface area contributed by atoms with Crippen LogP contribution >= 0.6 is 0 Å². The number of aromatic carboxylic acids is 1. The fourth-order valence-electron chi connectivity index (χ4n) is 2.76. The van der Waals surface area contributed by atoms with Crippen LogP contribution in [-0.4, -0.2) is 62.0 Å². The number of carboxylic acid groups (broad SMARTS) is 1. The van der Waals surface area contributed by atoms with Crippen LogP contribution in [0.1, 0.15) is 16.1 Å². The first kappa shape index (κ1) is 16.0. The highest BCUT2D eigenvalue weighted by atomic mass is 16.4. The van der Waals surface area contributed by atoms with E-state index in [9.17, 15) is 9.59 Å². The number of carboxylic acids is 1. The van der Waals surface area contributed by atoms with Crippen molar-refractivity contribution in [3.05, 3.63) is 47.8 Å². The summed E-state index contributed by atoms with van der Waals surface area (Å²) in [4.78, 5) is 26.6. The first-order chi connectivity index (χ1) is 11.5. The van der Waals surface area contributed by atoms with E-state index in [4.69, 9.17) is 5.11 Å². The lowest BCUT2D eigenvalue weighted by atomic mass is 10.0. The summed E-state index contributed by atoms with van der Waals surface area (Å²) in [6.45, 7) is 2.42. The predicted octanol–water partition coefficient (Wildman–Crippen LogP) is 1.16. The van der Waals surface area contributed by atoms with E-state index in [-0.39, 0.29) is 17.6 Å². The Balaban J connectivity index is 1.46. The van der Waals surface area contributed by atoms with E-state index in [1.165, 1.54) is 10.9 Å². The Morgan fingerprint density at radius 3 is 2.62 bits per heavy atom. The molecule has 126 valence electrons. The molecule has 0 radical (unpaired) electrons. The number of hydrogen-bond donors (Lipinski definition) is 1. The number of aromatic nitrogens is 3. The molecule has 2 amide bonds. The van der Waals surface area contributed by atoms with E-state index in [1.54, 1.807) is 16.8 Å². The third kappa shape index (κ3) is 3.53. The Kier molecular flexibility index (Phi) is 4.45. The van der Waals surface area contributed by atoms with Gasteiger partial charge in [0.05, 0.1) is 6.20 Å². The molecular weight excluding hydrogens is 310 g/mol. The Labute approximate surface area is 139 Å². The number of benzene rings is 1. The molecule has 1 aliphatic rings. The summed E-state index contributed by atoms with van der Waals surface area (Å²) in [6, 6.07) is 9.85. The number of rotatable bonds is 5. The minimum atomic E-state index is -1.09. The molecule has 3 rings (SSSR count). The number of carbonyl (C=O) groups is 2. The van der Waals surface area contributed by atoms with Gasteiger partial charge in [0.25, 0.3) is 0 Å². The average molecular weight is 329 g/mol. The maximum Gasteiger partial charge on any atom is 0.358 e. The molecule has 1 aromatic heterocycles. The van der Waals surface area contributed by atoms with Gasteiger partial charge >= 0.3 is 12.0 Å². The van der Waals surface area contributed by atoms with E-state index in [2.05, 4.69) is 10.3 Å². The third-order valence-corrected chi connectivity index (χ3v) is 4.02. The Morgan fingerprint density at radius 2 is 2.00 bits per heavy atom. The van der Waals surface area contributed by atoms with Crippen LogP contribution in [-0.2, 0) is 13.1 Å². The molecule has 0 spiro atoms. The van der Waals surface area contributed by atoms with E-state index in [1.807, 2.05) is 30.3 Å². The highest BCUT2D eigenvalue weighted by Gasteiger charge is 2.32. The minimum Gasteiger partial charge on any atom is -0.476 e. The van der Waals surface area contributed by atoms with Crippen LogP contribution in [0.2, 0.25) is 0 Å². The molecule has 0 unspecified atom stereocenters. The summed E-state index contributed by atoms with van der Waals surface area (Å²) in [5.41, 5.74) is 1.03. The molecule has 0 bridgehead atoms. The van der Waals surface area contributed by atoms with Crippen molar-refractivity contribution < 1.29 is 14.7 Å². The van der Waals surface area contributed by atoms with Gasteiger partial charge in [-0.15, -0.1) is 5.10 Å². The molecule has 1 saturated heterocycles. The molecule has 1 aliphatic heterocycles. The van der Waals surface area contributed by atoms with Gasteiger partial charge < -0.3 is 14.9 Å². The zero-order chi connectivity index (χ0) is 17.1. The molecule has 2 aromatic rings. The second-order valence-corrected chi connectivity index (χ2v) is 6.03. The number of amides is 2. The van der Waals surface area contributed by atoms with Crippen molar-refractivity contribution in [1.82, 2.24) is 24.8 Å². The Morgan fingerprint density at radius 1 is 1.29 bits per heavy atom. The lowest BCUT2D eigenvalue weighted by Crippen LogP contribution is -2.55. The van der Waals surface area contributed by atoms with Gasteiger partial charge in [-0.05, 0) is 5.56 Å². The van der Waals surface area contributed by atoms with Gasteiger partial charge in [-0.1, -0.05) is 35.5 Å². The van der Waals surface area contributed by atoms with Crippen LogP contribution in [0.15, 0.2) is 36.5 Å².